The molecule has 0 radical (unpaired) electrons. The summed E-state index contributed by atoms with van der Waals surface area (Å²) in [7, 11) is 0. The summed E-state index contributed by atoms with van der Waals surface area (Å²) in [6.45, 7) is 8.59. The zero-order valence-corrected chi connectivity index (χ0v) is 18.8. The van der Waals surface area contributed by atoms with E-state index in [0.717, 1.165) is 60.9 Å². The van der Waals surface area contributed by atoms with E-state index in [1.165, 1.54) is 22.4 Å². The summed E-state index contributed by atoms with van der Waals surface area (Å²) >= 11 is 1.92. The van der Waals surface area contributed by atoms with Crippen molar-refractivity contribution in [3.05, 3.63) is 66.4 Å². The normalized spacial score (nSPS) is 17.4. The largest absolute Gasteiger partial charge is 0.384 e. The Hall–Kier alpha value is -2.73. The molecule has 0 unspecified atom stereocenters. The van der Waals surface area contributed by atoms with Gasteiger partial charge in [0.05, 0.1) is 11.1 Å². The van der Waals surface area contributed by atoms with Gasteiger partial charge in [0.2, 0.25) is 5.95 Å². The maximum absolute atomic E-state index is 5.04. The summed E-state index contributed by atoms with van der Waals surface area (Å²) in [5.74, 6) is 2.75. The number of nitrogens with zero attached hydrogens (tertiary/aromatic N) is 3. The van der Waals surface area contributed by atoms with Gasteiger partial charge in [0.1, 0.15) is 5.82 Å². The van der Waals surface area contributed by atoms with Crippen molar-refractivity contribution in [1.82, 2.24) is 15.3 Å². The van der Waals surface area contributed by atoms with E-state index in [1.807, 2.05) is 18.0 Å². The first-order valence-corrected chi connectivity index (χ1v) is 12.0. The lowest BCUT2D eigenvalue weighted by Crippen LogP contribution is -2.53. The van der Waals surface area contributed by atoms with Crippen LogP contribution in [0.5, 0.6) is 0 Å². The van der Waals surface area contributed by atoms with Crippen LogP contribution < -0.4 is 15.5 Å². The van der Waals surface area contributed by atoms with E-state index in [-0.39, 0.29) is 5.54 Å². The van der Waals surface area contributed by atoms with E-state index in [4.69, 9.17) is 9.97 Å². The SMILES string of the molecule is C=CNC1(CNc2nc(N3CCSc4ccccc4C3)nc3ccc(C)cc23)CCC1. The van der Waals surface area contributed by atoms with Gasteiger partial charge < -0.3 is 15.5 Å². The Morgan fingerprint density at radius 3 is 2.87 bits per heavy atom. The van der Waals surface area contributed by atoms with Crippen LogP contribution in [-0.2, 0) is 6.54 Å². The first-order valence-electron chi connectivity index (χ1n) is 11.0. The molecule has 2 aliphatic rings. The minimum Gasteiger partial charge on any atom is -0.384 e. The zero-order chi connectivity index (χ0) is 21.3. The van der Waals surface area contributed by atoms with Crippen LogP contribution >= 0.6 is 11.8 Å². The molecule has 0 saturated heterocycles. The number of aryl methyl sites for hydroxylation is 1. The van der Waals surface area contributed by atoms with Crippen LogP contribution in [0.1, 0.15) is 30.4 Å². The average Bonchev–Trinajstić information content (AvgIpc) is 2.98. The number of hydrogen-bond donors (Lipinski definition) is 2. The third kappa shape index (κ3) is 4.09. The molecule has 160 valence electrons. The quantitative estimate of drug-likeness (QED) is 0.565. The van der Waals surface area contributed by atoms with E-state index in [0.29, 0.717) is 0 Å². The minimum absolute atomic E-state index is 0.0845. The molecule has 0 amide bonds. The van der Waals surface area contributed by atoms with Crippen LogP contribution in [0, 0.1) is 6.92 Å². The molecule has 31 heavy (non-hydrogen) atoms. The van der Waals surface area contributed by atoms with E-state index in [2.05, 4.69) is 71.5 Å². The summed E-state index contributed by atoms with van der Waals surface area (Å²) in [6, 6.07) is 15.1. The fraction of sp³-hybridized carbons (Fsp3) is 0.360. The summed E-state index contributed by atoms with van der Waals surface area (Å²) < 4.78 is 0. The third-order valence-corrected chi connectivity index (χ3v) is 7.48. The topological polar surface area (TPSA) is 53.1 Å². The molecule has 2 aromatic carbocycles. The number of hydrogen-bond acceptors (Lipinski definition) is 6. The molecule has 2 heterocycles. The molecule has 1 aliphatic heterocycles. The number of anilines is 2. The number of fused-ring (bicyclic) bond motifs is 2. The first-order chi connectivity index (χ1) is 15.2. The van der Waals surface area contributed by atoms with E-state index in [9.17, 15) is 0 Å². The molecule has 5 rings (SSSR count). The molecule has 0 atom stereocenters. The molecule has 5 nitrogen and oxygen atoms in total. The van der Waals surface area contributed by atoms with Crippen molar-refractivity contribution in [1.29, 1.82) is 0 Å². The summed E-state index contributed by atoms with van der Waals surface area (Å²) in [5, 5.41) is 8.22. The van der Waals surface area contributed by atoms with Crippen molar-refractivity contribution < 1.29 is 0 Å². The molecule has 6 heteroatoms. The van der Waals surface area contributed by atoms with Gasteiger partial charge in [-0.3, -0.25) is 0 Å². The highest BCUT2D eigenvalue weighted by atomic mass is 32.2. The molecular weight excluding hydrogens is 402 g/mol. The lowest BCUT2D eigenvalue weighted by molar-refractivity contribution is 0.224. The maximum atomic E-state index is 5.04. The number of rotatable bonds is 6. The molecule has 0 bridgehead atoms. The lowest BCUT2D eigenvalue weighted by Gasteiger charge is -2.42. The molecule has 1 aromatic heterocycles. The van der Waals surface area contributed by atoms with Crippen molar-refractivity contribution in [3.63, 3.8) is 0 Å². The maximum Gasteiger partial charge on any atom is 0.228 e. The minimum atomic E-state index is 0.0845. The monoisotopic (exact) mass is 431 g/mol. The Morgan fingerprint density at radius 2 is 2.06 bits per heavy atom. The molecule has 0 spiro atoms. The third-order valence-electron chi connectivity index (χ3n) is 6.39. The Labute approximate surface area is 188 Å². The van der Waals surface area contributed by atoms with Crippen LogP contribution in [0.25, 0.3) is 10.9 Å². The smallest absolute Gasteiger partial charge is 0.228 e. The predicted octanol–water partition coefficient (Wildman–Crippen LogP) is 5.12. The highest BCUT2D eigenvalue weighted by Crippen LogP contribution is 2.34. The molecule has 3 aromatic rings. The van der Waals surface area contributed by atoms with E-state index < -0.39 is 0 Å². The Morgan fingerprint density at radius 1 is 1.19 bits per heavy atom. The Kier molecular flexibility index (Phi) is 5.48. The zero-order valence-electron chi connectivity index (χ0n) is 18.0. The van der Waals surface area contributed by atoms with Gasteiger partial charge in [-0.15, -0.1) is 11.8 Å². The van der Waals surface area contributed by atoms with Gasteiger partial charge in [-0.1, -0.05) is 36.4 Å². The number of aromatic nitrogens is 2. The summed E-state index contributed by atoms with van der Waals surface area (Å²) in [5.41, 5.74) is 3.63. The molecular formula is C25H29N5S. The molecule has 1 saturated carbocycles. The van der Waals surface area contributed by atoms with Crippen LogP contribution in [-0.4, -0.2) is 34.3 Å². The van der Waals surface area contributed by atoms with Crippen molar-refractivity contribution >= 4 is 34.4 Å². The number of benzene rings is 2. The highest BCUT2D eigenvalue weighted by Gasteiger charge is 2.35. The van der Waals surface area contributed by atoms with Gasteiger partial charge in [-0.05, 0) is 56.1 Å². The standard InChI is InChI=1S/C25H29N5S/c1-3-27-25(11-6-12-25)17-26-23-20-15-18(2)9-10-21(20)28-24(29-23)30-13-14-31-22-8-5-4-7-19(22)16-30/h3-5,7-10,15,27H,1,6,11-14,16-17H2,2H3,(H,26,28,29). The van der Waals surface area contributed by atoms with Gasteiger partial charge in [0.25, 0.3) is 0 Å². The van der Waals surface area contributed by atoms with Crippen LogP contribution in [0.4, 0.5) is 11.8 Å². The average molecular weight is 432 g/mol. The first kappa shape index (κ1) is 20.2. The van der Waals surface area contributed by atoms with Crippen molar-refractivity contribution in [3.8, 4) is 0 Å². The number of thioether (sulfide) groups is 1. The molecule has 1 aliphatic carbocycles. The van der Waals surface area contributed by atoms with Gasteiger partial charge in [-0.25, -0.2) is 4.98 Å². The fourth-order valence-electron chi connectivity index (χ4n) is 4.45. The highest BCUT2D eigenvalue weighted by molar-refractivity contribution is 7.99. The predicted molar refractivity (Wildman–Crippen MR) is 131 cm³/mol. The Balaban J connectivity index is 1.49. The van der Waals surface area contributed by atoms with E-state index >= 15 is 0 Å². The van der Waals surface area contributed by atoms with E-state index in [1.54, 1.807) is 0 Å². The second-order valence-electron chi connectivity index (χ2n) is 8.61. The Bertz CT molecular complexity index is 1110. The van der Waals surface area contributed by atoms with Gasteiger partial charge in [0.15, 0.2) is 0 Å². The van der Waals surface area contributed by atoms with Gasteiger partial charge in [0, 0.05) is 35.7 Å². The van der Waals surface area contributed by atoms with Crippen LogP contribution in [0.2, 0.25) is 0 Å². The molecule has 2 N–H and O–H groups in total. The number of nitrogens with one attached hydrogen (secondary N) is 2. The fourth-order valence-corrected chi connectivity index (χ4v) is 5.47. The van der Waals surface area contributed by atoms with Crippen molar-refractivity contribution in [2.75, 3.05) is 29.1 Å². The van der Waals surface area contributed by atoms with Crippen LogP contribution in [0.15, 0.2) is 60.1 Å². The van der Waals surface area contributed by atoms with Gasteiger partial charge in [-0.2, -0.15) is 4.98 Å². The second-order valence-corrected chi connectivity index (χ2v) is 9.74. The van der Waals surface area contributed by atoms with Crippen LogP contribution in [0.3, 0.4) is 0 Å². The molecule has 1 fully saturated rings. The summed E-state index contributed by atoms with van der Waals surface area (Å²) in [4.78, 5) is 13.7. The lowest BCUT2D eigenvalue weighted by atomic mass is 9.77. The van der Waals surface area contributed by atoms with Crippen molar-refractivity contribution in [2.24, 2.45) is 0 Å². The second kappa shape index (κ2) is 8.42. The summed E-state index contributed by atoms with van der Waals surface area (Å²) in [6.07, 6.45) is 5.38. The van der Waals surface area contributed by atoms with Gasteiger partial charge >= 0.3 is 0 Å². The van der Waals surface area contributed by atoms with Crippen molar-refractivity contribution in [2.45, 2.75) is 43.2 Å².